The predicted molar refractivity (Wildman–Crippen MR) is 76.6 cm³/mol. The van der Waals surface area contributed by atoms with Crippen molar-refractivity contribution in [3.8, 4) is 0 Å². The van der Waals surface area contributed by atoms with Gasteiger partial charge in [0.15, 0.2) is 0 Å². The van der Waals surface area contributed by atoms with E-state index in [9.17, 15) is 0 Å². The van der Waals surface area contributed by atoms with Crippen molar-refractivity contribution in [3.63, 3.8) is 0 Å². The first-order valence-corrected chi connectivity index (χ1v) is 8.01. The fourth-order valence-corrected chi connectivity index (χ4v) is 4.05. The highest BCUT2D eigenvalue weighted by molar-refractivity contribution is 9.10. The van der Waals surface area contributed by atoms with Crippen LogP contribution >= 0.6 is 27.3 Å². The van der Waals surface area contributed by atoms with E-state index in [0.717, 1.165) is 19.4 Å². The van der Waals surface area contributed by atoms with Gasteiger partial charge in [0, 0.05) is 9.35 Å². The van der Waals surface area contributed by atoms with E-state index in [1.165, 1.54) is 15.8 Å². The van der Waals surface area contributed by atoms with Gasteiger partial charge in [0.05, 0.1) is 18.2 Å². The summed E-state index contributed by atoms with van der Waals surface area (Å²) >= 11 is 5.44. The highest BCUT2D eigenvalue weighted by Gasteiger charge is 2.31. The molecule has 2 rings (SSSR count). The Morgan fingerprint density at radius 2 is 2.41 bits per heavy atom. The molecule has 0 saturated carbocycles. The number of ether oxygens (including phenoxy) is 1. The van der Waals surface area contributed by atoms with Crippen molar-refractivity contribution >= 4 is 27.3 Å². The van der Waals surface area contributed by atoms with Crippen LogP contribution in [-0.4, -0.2) is 18.8 Å². The van der Waals surface area contributed by atoms with E-state index >= 15 is 0 Å². The molecule has 1 fully saturated rings. The lowest BCUT2D eigenvalue weighted by Gasteiger charge is -2.24. The summed E-state index contributed by atoms with van der Waals surface area (Å²) in [7, 11) is 0. The molecule has 96 valence electrons. The second-order valence-corrected chi connectivity index (χ2v) is 6.43. The summed E-state index contributed by atoms with van der Waals surface area (Å²) in [4.78, 5) is 1.37. The van der Waals surface area contributed by atoms with Gasteiger partial charge in [-0.1, -0.05) is 6.92 Å². The van der Waals surface area contributed by atoms with Gasteiger partial charge in [-0.25, -0.2) is 0 Å². The average molecular weight is 318 g/mol. The van der Waals surface area contributed by atoms with E-state index in [0.29, 0.717) is 18.2 Å². The molecule has 1 N–H and O–H groups in total. The second kappa shape index (κ2) is 6.32. The summed E-state index contributed by atoms with van der Waals surface area (Å²) in [5.41, 5.74) is 0. The minimum absolute atomic E-state index is 0.325. The molecule has 1 aromatic heterocycles. The van der Waals surface area contributed by atoms with Gasteiger partial charge >= 0.3 is 0 Å². The van der Waals surface area contributed by atoms with Gasteiger partial charge in [-0.2, -0.15) is 0 Å². The first kappa shape index (κ1) is 13.5. The van der Waals surface area contributed by atoms with Crippen molar-refractivity contribution in [2.24, 2.45) is 0 Å². The fourth-order valence-electron chi connectivity index (χ4n) is 2.30. The van der Waals surface area contributed by atoms with E-state index in [-0.39, 0.29) is 0 Å². The molecule has 1 aromatic rings. The lowest BCUT2D eigenvalue weighted by Crippen LogP contribution is -2.32. The van der Waals surface area contributed by atoms with Crippen LogP contribution in [0.15, 0.2) is 15.9 Å². The second-order valence-electron chi connectivity index (χ2n) is 4.63. The molecule has 4 heteroatoms. The molecule has 3 atom stereocenters. The van der Waals surface area contributed by atoms with Crippen LogP contribution in [0.2, 0.25) is 0 Å². The SMILES string of the molecule is CCCNC(c1sccc1Br)C1CCC(C)O1. The number of thiophene rings is 1. The molecular formula is C13H20BrNOS. The smallest absolute Gasteiger partial charge is 0.0782 e. The Kier molecular flexibility index (Phi) is 5.03. The minimum atomic E-state index is 0.325. The molecule has 0 aromatic carbocycles. The fraction of sp³-hybridized carbons (Fsp3) is 0.692. The Bertz CT molecular complexity index is 355. The molecule has 0 aliphatic carbocycles. The van der Waals surface area contributed by atoms with Gasteiger partial charge in [0.2, 0.25) is 0 Å². The monoisotopic (exact) mass is 317 g/mol. The molecule has 1 aliphatic heterocycles. The summed E-state index contributed by atoms with van der Waals surface area (Å²) in [6.45, 7) is 5.41. The van der Waals surface area contributed by atoms with Crippen LogP contribution in [0.1, 0.15) is 44.0 Å². The van der Waals surface area contributed by atoms with E-state index in [4.69, 9.17) is 4.74 Å². The third-order valence-electron chi connectivity index (χ3n) is 3.18. The molecule has 1 aliphatic rings. The Morgan fingerprint density at radius 3 is 2.94 bits per heavy atom. The zero-order chi connectivity index (χ0) is 12.3. The molecule has 1 saturated heterocycles. The van der Waals surface area contributed by atoms with Crippen LogP contribution in [0.3, 0.4) is 0 Å². The molecule has 0 bridgehead atoms. The van der Waals surface area contributed by atoms with Crippen LogP contribution in [0.5, 0.6) is 0 Å². The average Bonchev–Trinajstić information content (AvgIpc) is 2.90. The maximum atomic E-state index is 6.02. The molecule has 3 unspecified atom stereocenters. The van der Waals surface area contributed by atoms with Crippen molar-refractivity contribution in [2.45, 2.75) is 51.4 Å². The van der Waals surface area contributed by atoms with E-state index in [2.05, 4.69) is 46.5 Å². The van der Waals surface area contributed by atoms with Crippen molar-refractivity contribution in [3.05, 3.63) is 20.8 Å². The van der Waals surface area contributed by atoms with E-state index in [1.807, 2.05) is 0 Å². The minimum Gasteiger partial charge on any atom is -0.373 e. The van der Waals surface area contributed by atoms with Crippen molar-refractivity contribution < 1.29 is 4.74 Å². The highest BCUT2D eigenvalue weighted by atomic mass is 79.9. The molecule has 0 spiro atoms. The van der Waals surface area contributed by atoms with Crippen LogP contribution < -0.4 is 5.32 Å². The lowest BCUT2D eigenvalue weighted by molar-refractivity contribution is 0.0322. The summed E-state index contributed by atoms with van der Waals surface area (Å²) in [5, 5.41) is 5.77. The normalized spacial score (nSPS) is 26.3. The number of rotatable bonds is 5. The molecular weight excluding hydrogens is 298 g/mol. The van der Waals surface area contributed by atoms with Gasteiger partial charge in [-0.15, -0.1) is 11.3 Å². The first-order valence-electron chi connectivity index (χ1n) is 6.34. The van der Waals surface area contributed by atoms with E-state index in [1.54, 1.807) is 11.3 Å². The first-order chi connectivity index (χ1) is 8.22. The number of halogens is 1. The Labute approximate surface area is 116 Å². The number of hydrogen-bond acceptors (Lipinski definition) is 3. The summed E-state index contributed by atoms with van der Waals surface area (Å²) in [5.74, 6) is 0. The molecule has 0 radical (unpaired) electrons. The number of hydrogen-bond donors (Lipinski definition) is 1. The van der Waals surface area contributed by atoms with E-state index < -0.39 is 0 Å². The maximum absolute atomic E-state index is 6.02. The highest BCUT2D eigenvalue weighted by Crippen LogP contribution is 2.36. The van der Waals surface area contributed by atoms with Crippen molar-refractivity contribution in [1.29, 1.82) is 0 Å². The Balaban J connectivity index is 2.10. The predicted octanol–water partition coefficient (Wildman–Crippen LogP) is 4.12. The molecule has 2 heterocycles. The molecule has 2 nitrogen and oxygen atoms in total. The topological polar surface area (TPSA) is 21.3 Å². The third-order valence-corrected chi connectivity index (χ3v) is 5.13. The van der Waals surface area contributed by atoms with Crippen molar-refractivity contribution in [1.82, 2.24) is 5.32 Å². The standard InChI is InChI=1S/C13H20BrNOS/c1-3-7-15-12(11-5-4-9(2)16-11)13-10(14)6-8-17-13/h6,8-9,11-12,15H,3-5,7H2,1-2H3. The zero-order valence-corrected chi connectivity index (χ0v) is 12.8. The van der Waals surface area contributed by atoms with Crippen LogP contribution in [0.4, 0.5) is 0 Å². The largest absolute Gasteiger partial charge is 0.373 e. The summed E-state index contributed by atoms with van der Waals surface area (Å²) in [6.07, 6.45) is 4.23. The molecule has 0 amide bonds. The Hall–Kier alpha value is 0.1000. The van der Waals surface area contributed by atoms with Gasteiger partial charge in [0.1, 0.15) is 0 Å². The summed E-state index contributed by atoms with van der Waals surface area (Å²) in [6, 6.07) is 2.47. The lowest BCUT2D eigenvalue weighted by atomic mass is 10.1. The van der Waals surface area contributed by atoms with Gasteiger partial charge in [0.25, 0.3) is 0 Å². The summed E-state index contributed by atoms with van der Waals surface area (Å²) < 4.78 is 7.23. The third kappa shape index (κ3) is 3.31. The number of nitrogens with one attached hydrogen (secondary N) is 1. The van der Waals surface area contributed by atoms with Gasteiger partial charge in [-0.05, 0) is 60.1 Å². The van der Waals surface area contributed by atoms with Crippen LogP contribution in [0, 0.1) is 0 Å². The van der Waals surface area contributed by atoms with Crippen molar-refractivity contribution in [2.75, 3.05) is 6.54 Å². The van der Waals surface area contributed by atoms with Gasteiger partial charge in [-0.3, -0.25) is 0 Å². The molecule has 17 heavy (non-hydrogen) atoms. The van der Waals surface area contributed by atoms with Crippen LogP contribution in [0.25, 0.3) is 0 Å². The Morgan fingerprint density at radius 1 is 1.59 bits per heavy atom. The maximum Gasteiger partial charge on any atom is 0.0782 e. The van der Waals surface area contributed by atoms with Gasteiger partial charge < -0.3 is 10.1 Å². The zero-order valence-electron chi connectivity index (χ0n) is 10.4. The van der Waals surface area contributed by atoms with Crippen LogP contribution in [-0.2, 0) is 4.74 Å². The quantitative estimate of drug-likeness (QED) is 0.882.